The van der Waals surface area contributed by atoms with Crippen LogP contribution in [-0.4, -0.2) is 28.9 Å². The number of benzene rings is 1. The summed E-state index contributed by atoms with van der Waals surface area (Å²) in [6, 6.07) is 5.50. The van der Waals surface area contributed by atoms with E-state index in [1.165, 1.54) is 0 Å². The van der Waals surface area contributed by atoms with Crippen molar-refractivity contribution in [2.45, 2.75) is 39.2 Å². The Balaban J connectivity index is 1.88. The molecule has 1 aromatic heterocycles. The second-order valence-corrected chi connectivity index (χ2v) is 6.30. The molecule has 0 aliphatic carbocycles. The van der Waals surface area contributed by atoms with Crippen molar-refractivity contribution in [3.05, 3.63) is 45.2 Å². The van der Waals surface area contributed by atoms with Crippen molar-refractivity contribution in [1.82, 2.24) is 9.88 Å². The van der Waals surface area contributed by atoms with Gasteiger partial charge in [-0.15, -0.1) is 0 Å². The first-order chi connectivity index (χ1) is 10.3. The van der Waals surface area contributed by atoms with Crippen molar-refractivity contribution in [1.29, 1.82) is 0 Å². The number of pyridine rings is 1. The van der Waals surface area contributed by atoms with Gasteiger partial charge in [0.15, 0.2) is 5.43 Å². The van der Waals surface area contributed by atoms with Crippen molar-refractivity contribution in [3.8, 4) is 0 Å². The largest absolute Gasteiger partial charge is 0.357 e. The SMILES string of the molecule is Cc1cc(C)c2[nH]c(CN3CCC(F)(F)CC3)cc(=O)c2c1. The molecule has 0 bridgehead atoms. The molecule has 0 radical (unpaired) electrons. The van der Waals surface area contributed by atoms with Gasteiger partial charge in [-0.2, -0.15) is 0 Å². The maximum Gasteiger partial charge on any atom is 0.250 e. The molecule has 1 N–H and O–H groups in total. The second kappa shape index (κ2) is 5.47. The lowest BCUT2D eigenvalue weighted by Crippen LogP contribution is -2.39. The number of hydrogen-bond acceptors (Lipinski definition) is 2. The van der Waals surface area contributed by atoms with Crippen LogP contribution < -0.4 is 5.43 Å². The van der Waals surface area contributed by atoms with Crippen molar-refractivity contribution in [2.24, 2.45) is 0 Å². The molecule has 0 unspecified atom stereocenters. The molecule has 1 saturated heterocycles. The molecule has 1 aromatic carbocycles. The maximum absolute atomic E-state index is 13.2. The Kier molecular flexibility index (Phi) is 3.77. The van der Waals surface area contributed by atoms with E-state index in [1.807, 2.05) is 30.9 Å². The molecule has 1 aliphatic rings. The van der Waals surface area contributed by atoms with Gasteiger partial charge in [0.2, 0.25) is 0 Å². The number of aromatic amines is 1. The summed E-state index contributed by atoms with van der Waals surface area (Å²) in [5, 5.41) is 0.687. The first-order valence-electron chi connectivity index (χ1n) is 7.57. The molecule has 0 amide bonds. The number of halogens is 2. The van der Waals surface area contributed by atoms with Gasteiger partial charge in [0.25, 0.3) is 5.92 Å². The van der Waals surface area contributed by atoms with Gasteiger partial charge in [-0.05, 0) is 31.0 Å². The molecule has 0 atom stereocenters. The lowest BCUT2D eigenvalue weighted by atomic mass is 10.0. The number of alkyl halides is 2. The number of aromatic nitrogens is 1. The van der Waals surface area contributed by atoms with E-state index in [-0.39, 0.29) is 18.3 Å². The summed E-state index contributed by atoms with van der Waals surface area (Å²) in [5.74, 6) is -2.54. The zero-order valence-electron chi connectivity index (χ0n) is 12.9. The number of fused-ring (bicyclic) bond motifs is 1. The number of aryl methyl sites for hydroxylation is 2. The smallest absolute Gasteiger partial charge is 0.250 e. The minimum atomic E-state index is -2.54. The van der Waals surface area contributed by atoms with Crippen LogP contribution in [0.3, 0.4) is 0 Å². The van der Waals surface area contributed by atoms with E-state index >= 15 is 0 Å². The van der Waals surface area contributed by atoms with E-state index in [2.05, 4.69) is 4.98 Å². The van der Waals surface area contributed by atoms with E-state index in [0.29, 0.717) is 25.0 Å². The molecule has 1 aliphatic heterocycles. The molecule has 2 aromatic rings. The van der Waals surface area contributed by atoms with Gasteiger partial charge in [0.05, 0.1) is 5.52 Å². The summed E-state index contributed by atoms with van der Waals surface area (Å²) >= 11 is 0. The fourth-order valence-corrected chi connectivity index (χ4v) is 3.12. The van der Waals surface area contributed by atoms with E-state index in [0.717, 1.165) is 22.3 Å². The standard InChI is InChI=1S/C17H20F2N2O/c1-11-7-12(2)16-14(8-11)15(22)9-13(20-16)10-21-5-3-17(18,19)4-6-21/h7-9H,3-6,10H2,1-2H3,(H,20,22). The molecule has 0 saturated carbocycles. The van der Waals surface area contributed by atoms with Gasteiger partial charge in [-0.3, -0.25) is 9.69 Å². The Morgan fingerprint density at radius 1 is 1.18 bits per heavy atom. The Morgan fingerprint density at radius 2 is 1.86 bits per heavy atom. The summed E-state index contributed by atoms with van der Waals surface area (Å²) in [7, 11) is 0. The van der Waals surface area contributed by atoms with Gasteiger partial charge < -0.3 is 4.98 Å². The highest BCUT2D eigenvalue weighted by Crippen LogP contribution is 2.28. The van der Waals surface area contributed by atoms with Crippen molar-refractivity contribution in [3.63, 3.8) is 0 Å². The van der Waals surface area contributed by atoms with Crippen LogP contribution in [0.25, 0.3) is 10.9 Å². The Morgan fingerprint density at radius 3 is 2.55 bits per heavy atom. The highest BCUT2D eigenvalue weighted by molar-refractivity contribution is 5.82. The fraction of sp³-hybridized carbons (Fsp3) is 0.471. The number of nitrogens with one attached hydrogen (secondary N) is 1. The summed E-state index contributed by atoms with van der Waals surface area (Å²) in [5.41, 5.74) is 3.70. The monoisotopic (exact) mass is 306 g/mol. The van der Waals surface area contributed by atoms with Gasteiger partial charge >= 0.3 is 0 Å². The first kappa shape index (κ1) is 15.2. The van der Waals surface area contributed by atoms with Gasteiger partial charge in [0.1, 0.15) is 0 Å². The quantitative estimate of drug-likeness (QED) is 0.923. The third-order valence-corrected chi connectivity index (χ3v) is 4.32. The van der Waals surface area contributed by atoms with E-state index in [4.69, 9.17) is 0 Å². The second-order valence-electron chi connectivity index (χ2n) is 6.30. The molecule has 0 spiro atoms. The first-order valence-corrected chi connectivity index (χ1v) is 7.57. The number of H-pyrrole nitrogens is 1. The fourth-order valence-electron chi connectivity index (χ4n) is 3.12. The molecule has 5 heteroatoms. The Bertz CT molecular complexity index is 757. The van der Waals surface area contributed by atoms with E-state index in [9.17, 15) is 13.6 Å². The zero-order chi connectivity index (χ0) is 15.9. The molecule has 3 nitrogen and oxygen atoms in total. The third-order valence-electron chi connectivity index (χ3n) is 4.32. The number of likely N-dealkylation sites (tertiary alicyclic amines) is 1. The molecule has 3 rings (SSSR count). The van der Waals surface area contributed by atoms with E-state index < -0.39 is 5.92 Å². The summed E-state index contributed by atoms with van der Waals surface area (Å²) in [4.78, 5) is 17.6. The summed E-state index contributed by atoms with van der Waals surface area (Å²) in [6.07, 6.45) is -0.216. The highest BCUT2D eigenvalue weighted by Gasteiger charge is 2.33. The lowest BCUT2D eigenvalue weighted by molar-refractivity contribution is -0.0568. The van der Waals surface area contributed by atoms with Gasteiger partial charge in [-0.25, -0.2) is 8.78 Å². The average Bonchev–Trinajstić information content (AvgIpc) is 2.43. The molecule has 1 fully saturated rings. The van der Waals surface area contributed by atoms with Crippen molar-refractivity contribution in [2.75, 3.05) is 13.1 Å². The Hall–Kier alpha value is -1.75. The van der Waals surface area contributed by atoms with Crippen LogP contribution in [0.4, 0.5) is 8.78 Å². The van der Waals surface area contributed by atoms with Crippen LogP contribution in [0.1, 0.15) is 29.7 Å². The van der Waals surface area contributed by atoms with E-state index in [1.54, 1.807) is 6.07 Å². The molecule has 2 heterocycles. The molecular weight excluding hydrogens is 286 g/mol. The zero-order valence-corrected chi connectivity index (χ0v) is 12.9. The predicted molar refractivity (Wildman–Crippen MR) is 83.5 cm³/mol. The molecule has 118 valence electrons. The lowest BCUT2D eigenvalue weighted by Gasteiger charge is -2.31. The number of piperidine rings is 1. The van der Waals surface area contributed by atoms with Crippen LogP contribution in [0.15, 0.2) is 23.0 Å². The van der Waals surface area contributed by atoms with Crippen LogP contribution in [0.2, 0.25) is 0 Å². The van der Waals surface area contributed by atoms with Crippen LogP contribution in [-0.2, 0) is 6.54 Å². The van der Waals surface area contributed by atoms with Crippen LogP contribution in [0, 0.1) is 13.8 Å². The highest BCUT2D eigenvalue weighted by atomic mass is 19.3. The number of rotatable bonds is 2. The predicted octanol–water partition coefficient (Wildman–Crippen LogP) is 3.38. The normalized spacial score (nSPS) is 18.7. The minimum Gasteiger partial charge on any atom is -0.357 e. The topological polar surface area (TPSA) is 36.1 Å². The average molecular weight is 306 g/mol. The third kappa shape index (κ3) is 3.04. The van der Waals surface area contributed by atoms with Gasteiger partial charge in [0, 0.05) is 49.6 Å². The Labute approximate surface area is 127 Å². The van der Waals surface area contributed by atoms with Crippen molar-refractivity contribution >= 4 is 10.9 Å². The molecule has 22 heavy (non-hydrogen) atoms. The minimum absolute atomic E-state index is 0.0158. The number of nitrogens with zero attached hydrogens (tertiary/aromatic N) is 1. The van der Waals surface area contributed by atoms with Gasteiger partial charge in [-0.1, -0.05) is 6.07 Å². The maximum atomic E-state index is 13.2. The van der Waals surface area contributed by atoms with Crippen LogP contribution >= 0.6 is 0 Å². The number of hydrogen-bond donors (Lipinski definition) is 1. The summed E-state index contributed by atoms with van der Waals surface area (Å²) in [6.45, 7) is 5.17. The van der Waals surface area contributed by atoms with Crippen molar-refractivity contribution < 1.29 is 8.78 Å². The van der Waals surface area contributed by atoms with Crippen LogP contribution in [0.5, 0.6) is 0 Å². The summed E-state index contributed by atoms with van der Waals surface area (Å²) < 4.78 is 26.4. The molecular formula is C17H20F2N2O.